The molecule has 1 spiro atoms. The SMILES string of the molecule is CCc1ccc(CCNC(=O)C2CC23CCNCC3)cc1. The van der Waals surface area contributed by atoms with Crippen LogP contribution < -0.4 is 10.6 Å². The summed E-state index contributed by atoms with van der Waals surface area (Å²) >= 11 is 0. The van der Waals surface area contributed by atoms with Gasteiger partial charge >= 0.3 is 0 Å². The van der Waals surface area contributed by atoms with E-state index in [2.05, 4.69) is 41.8 Å². The topological polar surface area (TPSA) is 41.1 Å². The van der Waals surface area contributed by atoms with Crippen molar-refractivity contribution in [2.75, 3.05) is 19.6 Å². The van der Waals surface area contributed by atoms with E-state index in [0.29, 0.717) is 5.41 Å². The maximum absolute atomic E-state index is 12.2. The minimum atomic E-state index is 0.280. The highest BCUT2D eigenvalue weighted by Gasteiger charge is 2.57. The Morgan fingerprint density at radius 1 is 1.24 bits per heavy atom. The Bertz CT molecular complexity index is 488. The lowest BCUT2D eigenvalue weighted by atomic mass is 9.92. The fourth-order valence-corrected chi connectivity index (χ4v) is 3.59. The Morgan fingerprint density at radius 3 is 2.57 bits per heavy atom. The highest BCUT2D eigenvalue weighted by Crippen LogP contribution is 2.58. The molecule has 3 rings (SSSR count). The minimum Gasteiger partial charge on any atom is -0.356 e. The van der Waals surface area contributed by atoms with Crippen molar-refractivity contribution in [3.05, 3.63) is 35.4 Å². The first-order valence-corrected chi connectivity index (χ1v) is 8.30. The van der Waals surface area contributed by atoms with E-state index in [1.807, 2.05) is 0 Å². The lowest BCUT2D eigenvalue weighted by molar-refractivity contribution is -0.123. The molecule has 21 heavy (non-hydrogen) atoms. The van der Waals surface area contributed by atoms with Gasteiger partial charge in [-0.05, 0) is 61.7 Å². The zero-order valence-electron chi connectivity index (χ0n) is 13.0. The Hall–Kier alpha value is -1.35. The lowest BCUT2D eigenvalue weighted by Gasteiger charge is -2.23. The van der Waals surface area contributed by atoms with Gasteiger partial charge in [-0.15, -0.1) is 0 Å². The molecule has 2 aliphatic rings. The van der Waals surface area contributed by atoms with Crippen LogP contribution in [0.2, 0.25) is 0 Å². The van der Waals surface area contributed by atoms with Gasteiger partial charge in [-0.25, -0.2) is 0 Å². The van der Waals surface area contributed by atoms with Gasteiger partial charge in [-0.2, -0.15) is 0 Å². The molecule has 1 amide bonds. The molecule has 1 atom stereocenters. The van der Waals surface area contributed by atoms with Gasteiger partial charge in [0, 0.05) is 12.5 Å². The lowest BCUT2D eigenvalue weighted by Crippen LogP contribution is -2.34. The number of amides is 1. The van der Waals surface area contributed by atoms with Crippen LogP contribution in [-0.4, -0.2) is 25.5 Å². The van der Waals surface area contributed by atoms with E-state index in [-0.39, 0.29) is 11.8 Å². The Labute approximate surface area is 127 Å². The summed E-state index contributed by atoms with van der Waals surface area (Å²) in [6.45, 7) is 5.08. The van der Waals surface area contributed by atoms with Crippen molar-refractivity contribution in [2.45, 2.75) is 39.0 Å². The predicted octanol–water partition coefficient (Wildman–Crippen LogP) is 2.30. The van der Waals surface area contributed by atoms with Crippen molar-refractivity contribution in [3.63, 3.8) is 0 Å². The third kappa shape index (κ3) is 3.29. The Kier molecular flexibility index (Phi) is 4.29. The van der Waals surface area contributed by atoms with E-state index in [0.717, 1.165) is 38.9 Å². The quantitative estimate of drug-likeness (QED) is 0.872. The highest BCUT2D eigenvalue weighted by molar-refractivity contribution is 5.82. The van der Waals surface area contributed by atoms with Crippen LogP contribution in [-0.2, 0) is 17.6 Å². The summed E-state index contributed by atoms with van der Waals surface area (Å²) in [5.74, 6) is 0.559. The number of rotatable bonds is 5. The summed E-state index contributed by atoms with van der Waals surface area (Å²) in [6, 6.07) is 8.72. The summed E-state index contributed by atoms with van der Waals surface area (Å²) in [7, 11) is 0. The number of aryl methyl sites for hydroxylation is 1. The molecular weight excluding hydrogens is 260 g/mol. The molecule has 1 heterocycles. The summed E-state index contributed by atoms with van der Waals surface area (Å²) in [5.41, 5.74) is 3.02. The van der Waals surface area contributed by atoms with Crippen molar-refractivity contribution >= 4 is 5.91 Å². The van der Waals surface area contributed by atoms with Crippen LogP contribution in [0.5, 0.6) is 0 Å². The van der Waals surface area contributed by atoms with Crippen molar-refractivity contribution in [1.82, 2.24) is 10.6 Å². The normalized spacial score (nSPS) is 23.0. The van der Waals surface area contributed by atoms with Gasteiger partial charge < -0.3 is 10.6 Å². The number of benzene rings is 1. The molecule has 0 aromatic heterocycles. The molecule has 3 heteroatoms. The van der Waals surface area contributed by atoms with Crippen molar-refractivity contribution in [2.24, 2.45) is 11.3 Å². The monoisotopic (exact) mass is 286 g/mol. The van der Waals surface area contributed by atoms with Crippen LogP contribution in [0.4, 0.5) is 0 Å². The molecule has 1 aromatic rings. The zero-order chi connectivity index (χ0) is 14.7. The number of hydrogen-bond donors (Lipinski definition) is 2. The van der Waals surface area contributed by atoms with E-state index in [9.17, 15) is 4.79 Å². The number of carbonyl (C=O) groups is 1. The number of piperidine rings is 1. The third-order valence-corrected chi connectivity index (χ3v) is 5.25. The van der Waals surface area contributed by atoms with E-state index >= 15 is 0 Å². The molecule has 3 nitrogen and oxygen atoms in total. The van der Waals surface area contributed by atoms with Gasteiger partial charge in [0.25, 0.3) is 0 Å². The predicted molar refractivity (Wildman–Crippen MR) is 85.2 cm³/mol. The summed E-state index contributed by atoms with van der Waals surface area (Å²) in [5, 5.41) is 6.52. The standard InChI is InChI=1S/C18H26N2O/c1-2-14-3-5-15(6-4-14)7-10-20-17(21)16-13-18(16)8-11-19-12-9-18/h3-6,16,19H,2,7-13H2,1H3,(H,20,21). The van der Waals surface area contributed by atoms with Crippen LogP contribution in [0.25, 0.3) is 0 Å². The maximum Gasteiger partial charge on any atom is 0.223 e. The van der Waals surface area contributed by atoms with Crippen LogP contribution in [0, 0.1) is 11.3 Å². The molecule has 1 aromatic carbocycles. The molecule has 1 unspecified atom stereocenters. The highest BCUT2D eigenvalue weighted by atomic mass is 16.2. The second kappa shape index (κ2) is 6.18. The van der Waals surface area contributed by atoms with Gasteiger partial charge in [0.05, 0.1) is 0 Å². The molecule has 2 N–H and O–H groups in total. The largest absolute Gasteiger partial charge is 0.356 e. The zero-order valence-corrected chi connectivity index (χ0v) is 13.0. The fourth-order valence-electron chi connectivity index (χ4n) is 3.59. The number of nitrogens with one attached hydrogen (secondary N) is 2. The molecule has 1 saturated heterocycles. The molecule has 2 fully saturated rings. The van der Waals surface area contributed by atoms with Gasteiger partial charge in [0.15, 0.2) is 0 Å². The molecule has 0 bridgehead atoms. The second-order valence-corrected chi connectivity index (χ2v) is 6.58. The van der Waals surface area contributed by atoms with Gasteiger partial charge in [-0.1, -0.05) is 31.2 Å². The summed E-state index contributed by atoms with van der Waals surface area (Å²) in [6.07, 6.45) is 5.45. The van der Waals surface area contributed by atoms with E-state index in [1.165, 1.54) is 24.0 Å². The third-order valence-electron chi connectivity index (χ3n) is 5.25. The molecule has 114 valence electrons. The van der Waals surface area contributed by atoms with E-state index in [1.54, 1.807) is 0 Å². The summed E-state index contributed by atoms with van der Waals surface area (Å²) in [4.78, 5) is 12.2. The Morgan fingerprint density at radius 2 is 1.90 bits per heavy atom. The molecule has 1 aliphatic heterocycles. The van der Waals surface area contributed by atoms with Crippen molar-refractivity contribution < 1.29 is 4.79 Å². The maximum atomic E-state index is 12.2. The van der Waals surface area contributed by atoms with E-state index < -0.39 is 0 Å². The molecule has 1 saturated carbocycles. The first kappa shape index (κ1) is 14.6. The van der Waals surface area contributed by atoms with Gasteiger partial charge in [-0.3, -0.25) is 4.79 Å². The molecule has 0 radical (unpaired) electrons. The smallest absolute Gasteiger partial charge is 0.223 e. The van der Waals surface area contributed by atoms with Gasteiger partial charge in [0.1, 0.15) is 0 Å². The number of carbonyl (C=O) groups excluding carboxylic acids is 1. The minimum absolute atomic E-state index is 0.280. The van der Waals surface area contributed by atoms with Crippen LogP contribution >= 0.6 is 0 Å². The Balaban J connectivity index is 1.42. The van der Waals surface area contributed by atoms with Crippen LogP contribution in [0.1, 0.15) is 37.3 Å². The van der Waals surface area contributed by atoms with Crippen molar-refractivity contribution in [3.8, 4) is 0 Å². The second-order valence-electron chi connectivity index (χ2n) is 6.58. The van der Waals surface area contributed by atoms with Crippen LogP contribution in [0.15, 0.2) is 24.3 Å². The first-order valence-electron chi connectivity index (χ1n) is 8.30. The number of hydrogen-bond acceptors (Lipinski definition) is 2. The van der Waals surface area contributed by atoms with Crippen molar-refractivity contribution in [1.29, 1.82) is 0 Å². The average Bonchev–Trinajstić information content (AvgIpc) is 3.22. The van der Waals surface area contributed by atoms with E-state index in [4.69, 9.17) is 0 Å². The molecule has 1 aliphatic carbocycles. The molecular formula is C18H26N2O. The van der Waals surface area contributed by atoms with Crippen LogP contribution in [0.3, 0.4) is 0 Å². The first-order chi connectivity index (χ1) is 10.2. The van der Waals surface area contributed by atoms with Gasteiger partial charge in [0.2, 0.25) is 5.91 Å². The fraction of sp³-hybridized carbons (Fsp3) is 0.611. The summed E-state index contributed by atoms with van der Waals surface area (Å²) < 4.78 is 0. The average molecular weight is 286 g/mol.